The van der Waals surface area contributed by atoms with Crippen LogP contribution in [0.1, 0.15) is 5.56 Å². The van der Waals surface area contributed by atoms with E-state index in [1.807, 2.05) is 54.9 Å². The Morgan fingerprint density at radius 1 is 1.13 bits per heavy atom. The third-order valence-electron chi connectivity index (χ3n) is 5.36. The summed E-state index contributed by atoms with van der Waals surface area (Å²) in [7, 11) is 3.34. The summed E-state index contributed by atoms with van der Waals surface area (Å²) < 4.78 is 18.4. The van der Waals surface area contributed by atoms with E-state index in [1.54, 1.807) is 14.2 Å². The first-order valence-corrected chi connectivity index (χ1v) is 10.3. The third-order valence-corrected chi connectivity index (χ3v) is 5.36. The van der Waals surface area contributed by atoms with E-state index in [1.165, 1.54) is 0 Å². The SMILES string of the molecule is COCCn1ccc2c(OCC(=O)NCCc3c[nH]c4ccc(OC)cc34)cccc21. The Morgan fingerprint density at radius 2 is 2.03 bits per heavy atom. The second-order valence-corrected chi connectivity index (χ2v) is 7.30. The lowest BCUT2D eigenvalue weighted by Gasteiger charge is -2.09. The van der Waals surface area contributed by atoms with E-state index in [-0.39, 0.29) is 12.5 Å². The molecule has 4 aromatic rings. The third kappa shape index (κ3) is 4.67. The van der Waals surface area contributed by atoms with Gasteiger partial charge in [-0.2, -0.15) is 0 Å². The predicted molar refractivity (Wildman–Crippen MR) is 121 cm³/mol. The number of benzene rings is 2. The van der Waals surface area contributed by atoms with Gasteiger partial charge in [0.05, 0.1) is 19.2 Å². The molecule has 7 nitrogen and oxygen atoms in total. The van der Waals surface area contributed by atoms with Gasteiger partial charge < -0.3 is 29.1 Å². The molecular weight excluding hydrogens is 394 g/mol. The number of aromatic nitrogens is 2. The van der Waals surface area contributed by atoms with Crippen molar-refractivity contribution in [3.63, 3.8) is 0 Å². The molecule has 31 heavy (non-hydrogen) atoms. The lowest BCUT2D eigenvalue weighted by Crippen LogP contribution is -2.30. The van der Waals surface area contributed by atoms with Crippen LogP contribution >= 0.6 is 0 Å². The number of rotatable bonds is 10. The van der Waals surface area contributed by atoms with E-state index in [4.69, 9.17) is 14.2 Å². The molecule has 0 bridgehead atoms. The fourth-order valence-corrected chi connectivity index (χ4v) is 3.73. The quantitative estimate of drug-likeness (QED) is 0.411. The molecule has 2 heterocycles. The maximum Gasteiger partial charge on any atom is 0.257 e. The minimum absolute atomic E-state index is 0.0237. The van der Waals surface area contributed by atoms with Crippen LogP contribution in [0.2, 0.25) is 0 Å². The van der Waals surface area contributed by atoms with Crippen LogP contribution in [0, 0.1) is 0 Å². The fourth-order valence-electron chi connectivity index (χ4n) is 3.73. The number of H-pyrrole nitrogens is 1. The fraction of sp³-hybridized carbons (Fsp3) is 0.292. The molecule has 4 rings (SSSR count). The molecule has 0 saturated heterocycles. The zero-order chi connectivity index (χ0) is 21.6. The summed E-state index contributed by atoms with van der Waals surface area (Å²) in [6.07, 6.45) is 4.70. The first kappa shape index (κ1) is 20.8. The predicted octanol–water partition coefficient (Wildman–Crippen LogP) is 3.52. The highest BCUT2D eigenvalue weighted by Gasteiger charge is 2.10. The summed E-state index contributed by atoms with van der Waals surface area (Å²) in [6, 6.07) is 13.8. The number of nitrogens with zero attached hydrogens (tertiary/aromatic N) is 1. The molecule has 2 aromatic heterocycles. The van der Waals surface area contributed by atoms with Crippen LogP contribution in [0.25, 0.3) is 21.8 Å². The van der Waals surface area contributed by atoms with Crippen LogP contribution in [0.4, 0.5) is 0 Å². The molecule has 0 aliphatic heterocycles. The van der Waals surface area contributed by atoms with Gasteiger partial charge in [-0.25, -0.2) is 0 Å². The largest absolute Gasteiger partial charge is 0.497 e. The van der Waals surface area contributed by atoms with Gasteiger partial charge in [0, 0.05) is 48.9 Å². The van der Waals surface area contributed by atoms with Gasteiger partial charge in [-0.15, -0.1) is 0 Å². The maximum absolute atomic E-state index is 12.3. The first-order chi connectivity index (χ1) is 15.2. The molecule has 0 fully saturated rings. The van der Waals surface area contributed by atoms with Gasteiger partial charge in [0.2, 0.25) is 0 Å². The van der Waals surface area contributed by atoms with E-state index in [2.05, 4.69) is 14.9 Å². The Kier molecular flexibility index (Phi) is 6.43. The van der Waals surface area contributed by atoms with Gasteiger partial charge in [0.15, 0.2) is 6.61 Å². The van der Waals surface area contributed by atoms with E-state index in [0.717, 1.165) is 46.1 Å². The van der Waals surface area contributed by atoms with Crippen molar-refractivity contribution >= 4 is 27.7 Å². The Labute approximate surface area is 180 Å². The van der Waals surface area contributed by atoms with Crippen molar-refractivity contribution in [3.8, 4) is 11.5 Å². The highest BCUT2D eigenvalue weighted by molar-refractivity contribution is 5.87. The van der Waals surface area contributed by atoms with Crippen molar-refractivity contribution < 1.29 is 19.0 Å². The highest BCUT2D eigenvalue weighted by Crippen LogP contribution is 2.27. The Morgan fingerprint density at radius 3 is 2.87 bits per heavy atom. The monoisotopic (exact) mass is 421 g/mol. The van der Waals surface area contributed by atoms with Crippen molar-refractivity contribution in [1.82, 2.24) is 14.9 Å². The van der Waals surface area contributed by atoms with E-state index < -0.39 is 0 Å². The molecular formula is C24H27N3O4. The van der Waals surface area contributed by atoms with Gasteiger partial charge >= 0.3 is 0 Å². The van der Waals surface area contributed by atoms with Crippen LogP contribution in [-0.4, -0.2) is 49.4 Å². The zero-order valence-corrected chi connectivity index (χ0v) is 17.8. The molecule has 162 valence electrons. The van der Waals surface area contributed by atoms with E-state index in [0.29, 0.717) is 18.9 Å². The number of carbonyl (C=O) groups is 1. The average molecular weight is 421 g/mol. The lowest BCUT2D eigenvalue weighted by atomic mass is 10.1. The zero-order valence-electron chi connectivity index (χ0n) is 17.8. The van der Waals surface area contributed by atoms with Gasteiger partial charge in [-0.1, -0.05) is 6.07 Å². The van der Waals surface area contributed by atoms with Gasteiger partial charge in [0.25, 0.3) is 5.91 Å². The molecule has 0 saturated carbocycles. The summed E-state index contributed by atoms with van der Waals surface area (Å²) in [5.74, 6) is 1.37. The van der Waals surface area contributed by atoms with Gasteiger partial charge in [-0.05, 0) is 48.4 Å². The second kappa shape index (κ2) is 9.57. The second-order valence-electron chi connectivity index (χ2n) is 7.30. The molecule has 0 atom stereocenters. The summed E-state index contributed by atoms with van der Waals surface area (Å²) in [6.45, 7) is 1.91. The number of hydrogen-bond acceptors (Lipinski definition) is 4. The molecule has 7 heteroatoms. The Balaban J connectivity index is 1.31. The van der Waals surface area contributed by atoms with E-state index >= 15 is 0 Å². The number of carbonyl (C=O) groups excluding carboxylic acids is 1. The number of fused-ring (bicyclic) bond motifs is 2. The average Bonchev–Trinajstić information content (AvgIpc) is 3.40. The lowest BCUT2D eigenvalue weighted by molar-refractivity contribution is -0.123. The minimum atomic E-state index is -0.145. The number of methoxy groups -OCH3 is 2. The summed E-state index contributed by atoms with van der Waals surface area (Å²) in [4.78, 5) is 15.6. The minimum Gasteiger partial charge on any atom is -0.497 e. The molecule has 2 aromatic carbocycles. The van der Waals surface area contributed by atoms with Crippen LogP contribution in [0.15, 0.2) is 54.9 Å². The van der Waals surface area contributed by atoms with Crippen molar-refractivity contribution in [2.75, 3.05) is 34.0 Å². The number of hydrogen-bond donors (Lipinski definition) is 2. The van der Waals surface area contributed by atoms with Gasteiger partial charge in [0.1, 0.15) is 11.5 Å². The first-order valence-electron chi connectivity index (χ1n) is 10.3. The molecule has 0 radical (unpaired) electrons. The Bertz CT molecular complexity index is 1180. The van der Waals surface area contributed by atoms with Crippen molar-refractivity contribution in [1.29, 1.82) is 0 Å². The normalized spacial score (nSPS) is 11.2. The molecule has 0 aliphatic carbocycles. The summed E-state index contributed by atoms with van der Waals surface area (Å²) in [5.41, 5.74) is 3.25. The van der Waals surface area contributed by atoms with Crippen molar-refractivity contribution in [3.05, 3.63) is 60.4 Å². The number of nitrogens with one attached hydrogen (secondary N) is 2. The topological polar surface area (TPSA) is 77.5 Å². The van der Waals surface area contributed by atoms with Crippen LogP contribution < -0.4 is 14.8 Å². The highest BCUT2D eigenvalue weighted by atomic mass is 16.5. The smallest absolute Gasteiger partial charge is 0.257 e. The van der Waals surface area contributed by atoms with Crippen LogP contribution in [-0.2, 0) is 22.5 Å². The number of amides is 1. The molecule has 2 N–H and O–H groups in total. The Hall–Kier alpha value is -3.45. The maximum atomic E-state index is 12.3. The molecule has 0 spiro atoms. The van der Waals surface area contributed by atoms with Gasteiger partial charge in [-0.3, -0.25) is 4.79 Å². The van der Waals surface area contributed by atoms with E-state index in [9.17, 15) is 4.79 Å². The van der Waals surface area contributed by atoms with Crippen LogP contribution in [0.3, 0.4) is 0 Å². The van der Waals surface area contributed by atoms with Crippen molar-refractivity contribution in [2.45, 2.75) is 13.0 Å². The number of ether oxygens (including phenoxy) is 3. The standard InChI is InChI=1S/C24H27N3O4/c1-29-13-12-27-11-9-19-22(27)4-3-5-23(19)31-16-24(28)25-10-8-17-15-26-21-7-6-18(30-2)14-20(17)21/h3-7,9,11,14-15,26H,8,10,12-13,16H2,1-2H3,(H,25,28). The molecule has 0 unspecified atom stereocenters. The number of aromatic amines is 1. The van der Waals surface area contributed by atoms with Crippen LogP contribution in [0.5, 0.6) is 11.5 Å². The summed E-state index contributed by atoms with van der Waals surface area (Å²) in [5, 5.41) is 5.03. The summed E-state index contributed by atoms with van der Waals surface area (Å²) >= 11 is 0. The molecule has 1 amide bonds. The van der Waals surface area contributed by atoms with Crippen molar-refractivity contribution in [2.24, 2.45) is 0 Å². The molecule has 0 aliphatic rings.